The number of pyridine rings is 1. The number of hydrogen-bond acceptors (Lipinski definition) is 3. The van der Waals surface area contributed by atoms with Gasteiger partial charge in [0.05, 0.1) is 0 Å². The number of hydrogen-bond donors (Lipinski definition) is 0. The van der Waals surface area contributed by atoms with Crippen molar-refractivity contribution < 1.29 is 4.79 Å². The van der Waals surface area contributed by atoms with E-state index in [4.69, 9.17) is 0 Å². The molecule has 0 aliphatic carbocycles. The van der Waals surface area contributed by atoms with Crippen molar-refractivity contribution in [3.63, 3.8) is 0 Å². The van der Waals surface area contributed by atoms with E-state index in [1.54, 1.807) is 18.0 Å². The van der Waals surface area contributed by atoms with Crippen LogP contribution < -0.4 is 0 Å². The Kier molecular flexibility index (Phi) is 6.14. The summed E-state index contributed by atoms with van der Waals surface area (Å²) in [6, 6.07) is 12.4. The minimum absolute atomic E-state index is 0.171. The van der Waals surface area contributed by atoms with Crippen LogP contribution in [0.3, 0.4) is 0 Å². The molecule has 0 spiro atoms. The zero-order valence-electron chi connectivity index (χ0n) is 15.0. The standard InChI is InChI=1S/C21H26N2OS/c1-16-5-3-6-17(2)23(14-16)21(24)19-8-10-20(11-9-19)25-15-18-7-4-12-22-13-18/h4,7-13,16-17H,3,5-6,14-15H2,1-2H3. The van der Waals surface area contributed by atoms with Crippen LogP contribution in [-0.2, 0) is 5.75 Å². The van der Waals surface area contributed by atoms with E-state index in [2.05, 4.69) is 41.9 Å². The lowest BCUT2D eigenvalue weighted by molar-refractivity contribution is 0.0677. The zero-order chi connectivity index (χ0) is 17.6. The summed E-state index contributed by atoms with van der Waals surface area (Å²) >= 11 is 1.77. The summed E-state index contributed by atoms with van der Waals surface area (Å²) in [6.45, 7) is 5.29. The maximum Gasteiger partial charge on any atom is 0.254 e. The first kappa shape index (κ1) is 18.0. The fourth-order valence-corrected chi connectivity index (χ4v) is 4.15. The van der Waals surface area contributed by atoms with Crippen LogP contribution in [0, 0.1) is 5.92 Å². The largest absolute Gasteiger partial charge is 0.336 e. The van der Waals surface area contributed by atoms with Gasteiger partial charge in [0.2, 0.25) is 0 Å². The summed E-state index contributed by atoms with van der Waals surface area (Å²) in [5.41, 5.74) is 2.01. The van der Waals surface area contributed by atoms with Gasteiger partial charge in [-0.3, -0.25) is 9.78 Å². The summed E-state index contributed by atoms with van der Waals surface area (Å²) in [7, 11) is 0. The van der Waals surface area contributed by atoms with E-state index in [1.165, 1.54) is 23.3 Å². The third kappa shape index (κ3) is 4.85. The second-order valence-electron chi connectivity index (χ2n) is 7.02. The van der Waals surface area contributed by atoms with Gasteiger partial charge in [-0.15, -0.1) is 11.8 Å². The van der Waals surface area contributed by atoms with Gasteiger partial charge in [0, 0.05) is 41.2 Å². The van der Waals surface area contributed by atoms with E-state index in [0.29, 0.717) is 12.0 Å². The number of carbonyl (C=O) groups excluding carboxylic acids is 1. The normalized spacial score (nSPS) is 21.0. The Labute approximate surface area is 154 Å². The summed E-state index contributed by atoms with van der Waals surface area (Å²) in [5.74, 6) is 1.65. The molecule has 25 heavy (non-hydrogen) atoms. The molecule has 1 aromatic heterocycles. The molecule has 0 bridgehead atoms. The molecule has 2 atom stereocenters. The van der Waals surface area contributed by atoms with Crippen LogP contribution in [0.15, 0.2) is 53.7 Å². The molecule has 0 N–H and O–H groups in total. The Balaban J connectivity index is 1.63. The van der Waals surface area contributed by atoms with Crippen molar-refractivity contribution in [2.45, 2.75) is 49.8 Å². The van der Waals surface area contributed by atoms with Crippen molar-refractivity contribution in [3.8, 4) is 0 Å². The van der Waals surface area contributed by atoms with Gasteiger partial charge in [0.25, 0.3) is 5.91 Å². The monoisotopic (exact) mass is 354 g/mol. The molecule has 3 rings (SSSR count). The summed E-state index contributed by atoms with van der Waals surface area (Å²) in [5, 5.41) is 0. The fourth-order valence-electron chi connectivity index (χ4n) is 3.32. The molecule has 1 aliphatic rings. The van der Waals surface area contributed by atoms with Gasteiger partial charge in [-0.25, -0.2) is 0 Å². The highest BCUT2D eigenvalue weighted by Gasteiger charge is 2.25. The lowest BCUT2D eigenvalue weighted by Gasteiger charge is -2.28. The number of thioether (sulfide) groups is 1. The van der Waals surface area contributed by atoms with Gasteiger partial charge in [-0.05, 0) is 61.6 Å². The first-order chi connectivity index (χ1) is 12.1. The van der Waals surface area contributed by atoms with Gasteiger partial charge in [0.15, 0.2) is 0 Å². The van der Waals surface area contributed by atoms with Crippen LogP contribution in [0.25, 0.3) is 0 Å². The summed E-state index contributed by atoms with van der Waals surface area (Å²) in [6.07, 6.45) is 7.23. The van der Waals surface area contributed by atoms with E-state index < -0.39 is 0 Å². The highest BCUT2D eigenvalue weighted by Crippen LogP contribution is 2.25. The SMILES string of the molecule is CC1CCCC(C)N(C(=O)c2ccc(SCc3cccnc3)cc2)C1. The predicted octanol–water partition coefficient (Wildman–Crippen LogP) is 5.02. The van der Waals surface area contributed by atoms with Gasteiger partial charge in [-0.2, -0.15) is 0 Å². The number of nitrogens with zero attached hydrogens (tertiary/aromatic N) is 2. The molecular weight excluding hydrogens is 328 g/mol. The molecule has 0 saturated carbocycles. The number of benzene rings is 1. The molecule has 4 heteroatoms. The van der Waals surface area contributed by atoms with Crippen LogP contribution in [0.1, 0.15) is 49.0 Å². The van der Waals surface area contributed by atoms with Crippen molar-refractivity contribution in [1.82, 2.24) is 9.88 Å². The molecule has 2 aromatic rings. The van der Waals surface area contributed by atoms with Crippen LogP contribution >= 0.6 is 11.8 Å². The van der Waals surface area contributed by atoms with E-state index >= 15 is 0 Å². The zero-order valence-corrected chi connectivity index (χ0v) is 15.8. The van der Waals surface area contributed by atoms with E-state index in [1.807, 2.05) is 24.4 Å². The molecule has 1 aliphatic heterocycles. The van der Waals surface area contributed by atoms with E-state index in [-0.39, 0.29) is 5.91 Å². The molecule has 1 saturated heterocycles. The lowest BCUT2D eigenvalue weighted by Crippen LogP contribution is -2.39. The predicted molar refractivity (Wildman–Crippen MR) is 104 cm³/mol. The van der Waals surface area contributed by atoms with Crippen LogP contribution in [0.2, 0.25) is 0 Å². The molecule has 2 unspecified atom stereocenters. The first-order valence-corrected chi connectivity index (χ1v) is 10.0. The second-order valence-corrected chi connectivity index (χ2v) is 8.07. The van der Waals surface area contributed by atoms with Crippen LogP contribution in [0.5, 0.6) is 0 Å². The highest BCUT2D eigenvalue weighted by molar-refractivity contribution is 7.98. The number of amides is 1. The van der Waals surface area contributed by atoms with Crippen molar-refractivity contribution in [3.05, 3.63) is 59.9 Å². The van der Waals surface area contributed by atoms with Crippen molar-refractivity contribution >= 4 is 17.7 Å². The van der Waals surface area contributed by atoms with Crippen LogP contribution in [0.4, 0.5) is 0 Å². The molecule has 0 radical (unpaired) electrons. The lowest BCUT2D eigenvalue weighted by atomic mass is 10.1. The Morgan fingerprint density at radius 1 is 1.20 bits per heavy atom. The average molecular weight is 355 g/mol. The Hall–Kier alpha value is -1.81. The molecule has 1 aromatic carbocycles. The molecule has 1 fully saturated rings. The molecular formula is C21H26N2OS. The number of rotatable bonds is 4. The minimum atomic E-state index is 0.171. The highest BCUT2D eigenvalue weighted by atomic mass is 32.2. The Bertz CT molecular complexity index is 687. The Morgan fingerprint density at radius 2 is 2.00 bits per heavy atom. The molecule has 1 amide bonds. The topological polar surface area (TPSA) is 33.2 Å². The average Bonchev–Trinajstić information content (AvgIpc) is 2.81. The van der Waals surface area contributed by atoms with Crippen molar-refractivity contribution in [2.75, 3.05) is 6.54 Å². The number of likely N-dealkylation sites (tertiary alicyclic amines) is 1. The van der Waals surface area contributed by atoms with Gasteiger partial charge in [0.1, 0.15) is 0 Å². The second kappa shape index (κ2) is 8.52. The maximum absolute atomic E-state index is 12.9. The summed E-state index contributed by atoms with van der Waals surface area (Å²) in [4.78, 5) is 20.3. The van der Waals surface area contributed by atoms with Crippen molar-refractivity contribution in [2.24, 2.45) is 5.92 Å². The molecule has 2 heterocycles. The van der Waals surface area contributed by atoms with Gasteiger partial charge < -0.3 is 4.90 Å². The molecule has 132 valence electrons. The molecule has 3 nitrogen and oxygen atoms in total. The third-order valence-corrected chi connectivity index (χ3v) is 5.93. The number of aromatic nitrogens is 1. The van der Waals surface area contributed by atoms with Crippen molar-refractivity contribution in [1.29, 1.82) is 0 Å². The quantitative estimate of drug-likeness (QED) is 0.723. The number of carbonyl (C=O) groups is 1. The van der Waals surface area contributed by atoms with E-state index in [9.17, 15) is 4.79 Å². The van der Waals surface area contributed by atoms with Crippen LogP contribution in [-0.4, -0.2) is 28.4 Å². The summed E-state index contributed by atoms with van der Waals surface area (Å²) < 4.78 is 0. The minimum Gasteiger partial charge on any atom is -0.336 e. The first-order valence-electron chi connectivity index (χ1n) is 9.06. The maximum atomic E-state index is 12.9. The third-order valence-electron chi connectivity index (χ3n) is 4.85. The van der Waals surface area contributed by atoms with Gasteiger partial charge >= 0.3 is 0 Å². The smallest absolute Gasteiger partial charge is 0.254 e. The van der Waals surface area contributed by atoms with Gasteiger partial charge in [-0.1, -0.05) is 19.4 Å². The Morgan fingerprint density at radius 3 is 2.72 bits per heavy atom. The fraction of sp³-hybridized carbons (Fsp3) is 0.429. The van der Waals surface area contributed by atoms with E-state index in [0.717, 1.165) is 24.3 Å².